The molecular formula is C22H17ClN4O3S2. The van der Waals surface area contributed by atoms with Gasteiger partial charge < -0.3 is 0 Å². The molecule has 10 heteroatoms. The Morgan fingerprint density at radius 2 is 1.75 bits per heavy atom. The average molecular weight is 485 g/mol. The van der Waals surface area contributed by atoms with E-state index in [9.17, 15) is 13.2 Å². The van der Waals surface area contributed by atoms with Crippen LogP contribution in [0, 0.1) is 4.77 Å². The van der Waals surface area contributed by atoms with E-state index >= 15 is 0 Å². The van der Waals surface area contributed by atoms with Crippen LogP contribution in [0.4, 0.5) is 0 Å². The number of hydrogen-bond donors (Lipinski definition) is 2. The lowest BCUT2D eigenvalue weighted by Crippen LogP contribution is -2.30. The summed E-state index contributed by atoms with van der Waals surface area (Å²) in [6.45, 7) is 0.476. The highest BCUT2D eigenvalue weighted by Gasteiger charge is 2.18. The van der Waals surface area contributed by atoms with Gasteiger partial charge in [0.05, 0.1) is 11.4 Å². The SMILES string of the molecule is O=C(NS(=O)(=O)c1ccccc1)c1ccc(-c2nc(=S)n(Cc3cccc(Cl)c3)[nH]2)cc1. The number of benzene rings is 3. The average Bonchev–Trinajstić information content (AvgIpc) is 3.14. The second-order valence-corrected chi connectivity index (χ2v) is 9.38. The molecule has 0 saturated heterocycles. The zero-order valence-electron chi connectivity index (χ0n) is 16.5. The summed E-state index contributed by atoms with van der Waals surface area (Å²) in [5.74, 6) is -0.194. The van der Waals surface area contributed by atoms with Gasteiger partial charge in [0.15, 0.2) is 5.82 Å². The van der Waals surface area contributed by atoms with Crippen LogP contribution < -0.4 is 4.72 Å². The van der Waals surface area contributed by atoms with Crippen molar-refractivity contribution in [3.63, 3.8) is 0 Å². The molecule has 0 aliphatic rings. The zero-order chi connectivity index (χ0) is 22.7. The number of nitrogens with one attached hydrogen (secondary N) is 2. The van der Waals surface area contributed by atoms with Crippen LogP contribution in [0.3, 0.4) is 0 Å². The maximum absolute atomic E-state index is 12.4. The van der Waals surface area contributed by atoms with Crippen molar-refractivity contribution < 1.29 is 13.2 Å². The summed E-state index contributed by atoms with van der Waals surface area (Å²) >= 11 is 11.4. The van der Waals surface area contributed by atoms with E-state index in [1.54, 1.807) is 41.1 Å². The number of nitrogens with zero attached hydrogens (tertiary/aromatic N) is 2. The molecule has 0 aliphatic heterocycles. The Morgan fingerprint density at radius 1 is 1.03 bits per heavy atom. The fourth-order valence-electron chi connectivity index (χ4n) is 3.03. The van der Waals surface area contributed by atoms with Crippen molar-refractivity contribution in [3.05, 3.63) is 99.8 Å². The van der Waals surface area contributed by atoms with Gasteiger partial charge in [-0.05, 0) is 54.2 Å². The molecule has 0 saturated carbocycles. The molecule has 0 radical (unpaired) electrons. The van der Waals surface area contributed by atoms with Gasteiger partial charge in [-0.2, -0.15) is 4.98 Å². The first kappa shape index (κ1) is 21.9. The topological polar surface area (TPSA) is 96.8 Å². The highest BCUT2D eigenvalue weighted by molar-refractivity contribution is 7.90. The number of rotatable bonds is 6. The van der Waals surface area contributed by atoms with Gasteiger partial charge in [-0.1, -0.05) is 54.1 Å². The molecule has 0 aliphatic carbocycles. The van der Waals surface area contributed by atoms with Crippen LogP contribution in [0.5, 0.6) is 0 Å². The first-order valence-corrected chi connectivity index (χ1v) is 11.7. The Balaban J connectivity index is 1.50. The quantitative estimate of drug-likeness (QED) is 0.395. The number of aromatic nitrogens is 3. The standard InChI is InChI=1S/C22H17ClN4O3S2/c23-18-6-4-5-15(13-18)14-27-22(31)24-20(25-27)16-9-11-17(12-10-16)21(28)26-32(29,30)19-7-2-1-3-8-19/h1-13H,14H2,(H,26,28)(H,24,25,31). The van der Waals surface area contributed by atoms with Crippen LogP contribution >= 0.6 is 23.8 Å². The van der Waals surface area contributed by atoms with Gasteiger partial charge in [0.1, 0.15) is 0 Å². The minimum Gasteiger partial charge on any atom is -0.279 e. The van der Waals surface area contributed by atoms with Crippen LogP contribution in [-0.4, -0.2) is 29.1 Å². The third-order valence-corrected chi connectivity index (χ3v) is 6.50. The van der Waals surface area contributed by atoms with E-state index in [2.05, 4.69) is 14.8 Å². The van der Waals surface area contributed by atoms with Crippen LogP contribution in [0.1, 0.15) is 15.9 Å². The molecule has 3 aromatic carbocycles. The molecule has 1 heterocycles. The van der Waals surface area contributed by atoms with Crippen molar-refractivity contribution >= 4 is 39.7 Å². The first-order chi connectivity index (χ1) is 15.3. The van der Waals surface area contributed by atoms with Crippen LogP contribution in [0.2, 0.25) is 5.02 Å². The summed E-state index contributed by atoms with van der Waals surface area (Å²) in [5, 5.41) is 3.77. The number of H-pyrrole nitrogens is 1. The molecule has 0 fully saturated rings. The Hall–Kier alpha value is -3.27. The van der Waals surface area contributed by atoms with Crippen LogP contribution in [-0.2, 0) is 16.6 Å². The highest BCUT2D eigenvalue weighted by atomic mass is 35.5. The summed E-state index contributed by atoms with van der Waals surface area (Å²) in [6.07, 6.45) is 0. The van der Waals surface area contributed by atoms with E-state index in [0.29, 0.717) is 27.7 Å². The molecular weight excluding hydrogens is 468 g/mol. The fraction of sp³-hybridized carbons (Fsp3) is 0.0455. The molecule has 0 spiro atoms. The third-order valence-electron chi connectivity index (χ3n) is 4.61. The molecule has 4 aromatic rings. The molecule has 7 nitrogen and oxygen atoms in total. The number of halogens is 1. The molecule has 162 valence electrons. The summed E-state index contributed by atoms with van der Waals surface area (Å²) in [7, 11) is -3.95. The molecule has 2 N–H and O–H groups in total. The van der Waals surface area contributed by atoms with E-state index in [1.807, 2.05) is 18.2 Å². The number of hydrogen-bond acceptors (Lipinski definition) is 5. The minimum atomic E-state index is -3.95. The van der Waals surface area contributed by atoms with Gasteiger partial charge >= 0.3 is 0 Å². The Morgan fingerprint density at radius 3 is 2.44 bits per heavy atom. The van der Waals surface area contributed by atoms with Crippen molar-refractivity contribution in [2.75, 3.05) is 0 Å². The maximum Gasteiger partial charge on any atom is 0.264 e. The van der Waals surface area contributed by atoms with E-state index in [1.165, 1.54) is 24.3 Å². The number of aromatic amines is 1. The smallest absolute Gasteiger partial charge is 0.264 e. The molecule has 4 rings (SSSR count). The fourth-order valence-corrected chi connectivity index (χ4v) is 4.44. The van der Waals surface area contributed by atoms with Crippen molar-refractivity contribution in [1.29, 1.82) is 0 Å². The lowest BCUT2D eigenvalue weighted by Gasteiger charge is -2.07. The molecule has 0 unspecified atom stereocenters. The Bertz CT molecular complexity index is 1430. The van der Waals surface area contributed by atoms with Gasteiger partial charge in [-0.3, -0.25) is 14.6 Å². The lowest BCUT2D eigenvalue weighted by atomic mass is 10.1. The van der Waals surface area contributed by atoms with E-state index in [-0.39, 0.29) is 10.5 Å². The summed E-state index contributed by atoms with van der Waals surface area (Å²) in [4.78, 5) is 16.8. The first-order valence-electron chi connectivity index (χ1n) is 9.46. The van der Waals surface area contributed by atoms with Crippen LogP contribution in [0.15, 0.2) is 83.8 Å². The molecule has 0 bridgehead atoms. The highest BCUT2D eigenvalue weighted by Crippen LogP contribution is 2.18. The molecule has 1 amide bonds. The Labute approximate surface area is 194 Å². The number of amides is 1. The van der Waals surface area contributed by atoms with Gasteiger partial charge in [0.25, 0.3) is 15.9 Å². The van der Waals surface area contributed by atoms with Gasteiger partial charge in [0.2, 0.25) is 4.77 Å². The second kappa shape index (κ2) is 9.07. The van der Waals surface area contributed by atoms with Gasteiger partial charge in [0, 0.05) is 16.1 Å². The molecule has 32 heavy (non-hydrogen) atoms. The van der Waals surface area contributed by atoms with E-state index < -0.39 is 15.9 Å². The monoisotopic (exact) mass is 484 g/mol. The largest absolute Gasteiger partial charge is 0.279 e. The van der Waals surface area contributed by atoms with Gasteiger partial charge in [-0.15, -0.1) is 0 Å². The number of sulfonamides is 1. The maximum atomic E-state index is 12.4. The van der Waals surface area contributed by atoms with E-state index in [4.69, 9.17) is 23.8 Å². The summed E-state index contributed by atoms with van der Waals surface area (Å²) < 4.78 is 28.8. The van der Waals surface area contributed by atoms with Gasteiger partial charge in [-0.25, -0.2) is 13.1 Å². The lowest BCUT2D eigenvalue weighted by molar-refractivity contribution is 0.0981. The minimum absolute atomic E-state index is 0.0165. The Kier molecular flexibility index (Phi) is 6.22. The predicted octanol–water partition coefficient (Wildman–Crippen LogP) is 4.43. The normalized spacial score (nSPS) is 11.3. The van der Waals surface area contributed by atoms with Crippen molar-refractivity contribution in [1.82, 2.24) is 19.5 Å². The van der Waals surface area contributed by atoms with Crippen molar-refractivity contribution in [3.8, 4) is 11.4 Å². The zero-order valence-corrected chi connectivity index (χ0v) is 18.9. The summed E-state index contributed by atoms with van der Waals surface area (Å²) in [5.41, 5.74) is 1.86. The molecule has 1 aromatic heterocycles. The second-order valence-electron chi connectivity index (χ2n) is 6.90. The molecule has 0 atom stereocenters. The number of carbonyl (C=O) groups is 1. The van der Waals surface area contributed by atoms with Crippen molar-refractivity contribution in [2.45, 2.75) is 11.4 Å². The predicted molar refractivity (Wildman–Crippen MR) is 124 cm³/mol. The van der Waals surface area contributed by atoms with Crippen molar-refractivity contribution in [2.24, 2.45) is 0 Å². The summed E-state index contributed by atoms with van der Waals surface area (Å²) in [6, 6.07) is 21.5. The third kappa shape index (κ3) is 4.96. The van der Waals surface area contributed by atoms with E-state index in [0.717, 1.165) is 5.56 Å². The van der Waals surface area contributed by atoms with Crippen LogP contribution in [0.25, 0.3) is 11.4 Å². The number of carbonyl (C=O) groups excluding carboxylic acids is 1.